The van der Waals surface area contributed by atoms with Crippen molar-refractivity contribution in [2.45, 2.75) is 13.8 Å². The van der Waals surface area contributed by atoms with Crippen molar-refractivity contribution in [2.24, 2.45) is 5.92 Å². The number of rotatable bonds is 3. The Bertz CT molecular complexity index is 573. The summed E-state index contributed by atoms with van der Waals surface area (Å²) in [6.07, 6.45) is 0. The Labute approximate surface area is 106 Å². The number of hydrogen-bond acceptors (Lipinski definition) is 3. The molecule has 0 aromatic heterocycles. The standard InChI is InChI=1S/C15H16O3/c1-10(2)15(16)18-14-9-5-6-11-12(14)7-4-8-13(11)17-3/h4-10H,1-3H3. The lowest BCUT2D eigenvalue weighted by molar-refractivity contribution is -0.137. The zero-order chi connectivity index (χ0) is 13.1. The molecule has 0 aliphatic heterocycles. The SMILES string of the molecule is COc1cccc2c(OC(=O)C(C)C)cccc12. The summed E-state index contributed by atoms with van der Waals surface area (Å²) >= 11 is 0. The molecule has 0 saturated carbocycles. The van der Waals surface area contributed by atoms with Gasteiger partial charge in [-0.15, -0.1) is 0 Å². The van der Waals surface area contributed by atoms with E-state index < -0.39 is 0 Å². The van der Waals surface area contributed by atoms with Crippen molar-refractivity contribution in [1.29, 1.82) is 0 Å². The first-order valence-corrected chi connectivity index (χ1v) is 5.91. The van der Waals surface area contributed by atoms with Gasteiger partial charge < -0.3 is 9.47 Å². The first-order valence-electron chi connectivity index (χ1n) is 5.91. The molecule has 0 N–H and O–H groups in total. The van der Waals surface area contributed by atoms with Gasteiger partial charge in [0.05, 0.1) is 13.0 Å². The van der Waals surface area contributed by atoms with E-state index in [4.69, 9.17) is 9.47 Å². The Morgan fingerprint density at radius 1 is 1.00 bits per heavy atom. The van der Waals surface area contributed by atoms with Gasteiger partial charge in [-0.1, -0.05) is 38.1 Å². The van der Waals surface area contributed by atoms with Crippen LogP contribution >= 0.6 is 0 Å². The van der Waals surface area contributed by atoms with Crippen LogP contribution in [0.2, 0.25) is 0 Å². The fourth-order valence-corrected chi connectivity index (χ4v) is 1.75. The van der Waals surface area contributed by atoms with Crippen LogP contribution in [0.25, 0.3) is 10.8 Å². The smallest absolute Gasteiger partial charge is 0.313 e. The minimum Gasteiger partial charge on any atom is -0.496 e. The van der Waals surface area contributed by atoms with E-state index in [0.29, 0.717) is 5.75 Å². The highest BCUT2D eigenvalue weighted by molar-refractivity contribution is 5.94. The normalized spacial score (nSPS) is 10.7. The number of carbonyl (C=O) groups excluding carboxylic acids is 1. The second-order valence-corrected chi connectivity index (χ2v) is 4.39. The third kappa shape index (κ3) is 2.30. The fraction of sp³-hybridized carbons (Fsp3) is 0.267. The molecule has 0 unspecified atom stereocenters. The third-order valence-electron chi connectivity index (χ3n) is 2.74. The van der Waals surface area contributed by atoms with Crippen LogP contribution in [0.1, 0.15) is 13.8 Å². The second kappa shape index (κ2) is 5.08. The molecule has 3 heteroatoms. The van der Waals surface area contributed by atoms with Crippen LogP contribution in [-0.4, -0.2) is 13.1 Å². The monoisotopic (exact) mass is 244 g/mol. The number of fused-ring (bicyclic) bond motifs is 1. The van der Waals surface area contributed by atoms with Gasteiger partial charge in [0.15, 0.2) is 0 Å². The number of benzene rings is 2. The Morgan fingerprint density at radius 3 is 2.11 bits per heavy atom. The number of ether oxygens (including phenoxy) is 2. The van der Waals surface area contributed by atoms with E-state index in [1.165, 1.54) is 0 Å². The van der Waals surface area contributed by atoms with Crippen LogP contribution in [0.3, 0.4) is 0 Å². The van der Waals surface area contributed by atoms with Crippen molar-refractivity contribution < 1.29 is 14.3 Å². The summed E-state index contributed by atoms with van der Waals surface area (Å²) < 4.78 is 10.7. The Kier molecular flexibility index (Phi) is 3.51. The predicted molar refractivity (Wildman–Crippen MR) is 71.0 cm³/mol. The highest BCUT2D eigenvalue weighted by Crippen LogP contribution is 2.32. The predicted octanol–water partition coefficient (Wildman–Crippen LogP) is 3.41. The maximum absolute atomic E-state index is 11.7. The zero-order valence-electron chi connectivity index (χ0n) is 10.8. The second-order valence-electron chi connectivity index (χ2n) is 4.39. The van der Waals surface area contributed by atoms with Gasteiger partial charge in [0.2, 0.25) is 0 Å². The van der Waals surface area contributed by atoms with Crippen LogP contribution in [0, 0.1) is 5.92 Å². The van der Waals surface area contributed by atoms with Crippen LogP contribution < -0.4 is 9.47 Å². The van der Waals surface area contributed by atoms with Crippen molar-refractivity contribution in [3.8, 4) is 11.5 Å². The maximum Gasteiger partial charge on any atom is 0.313 e. The van der Waals surface area contributed by atoms with E-state index in [-0.39, 0.29) is 11.9 Å². The molecule has 0 saturated heterocycles. The highest BCUT2D eigenvalue weighted by Gasteiger charge is 2.12. The van der Waals surface area contributed by atoms with Crippen molar-refractivity contribution in [3.05, 3.63) is 36.4 Å². The summed E-state index contributed by atoms with van der Waals surface area (Å²) in [7, 11) is 1.63. The summed E-state index contributed by atoms with van der Waals surface area (Å²) in [5.74, 6) is 0.969. The van der Waals surface area contributed by atoms with Gasteiger partial charge in [-0.05, 0) is 12.1 Å². The van der Waals surface area contributed by atoms with E-state index in [1.807, 2.05) is 44.2 Å². The minimum atomic E-state index is -0.231. The molecule has 0 aliphatic carbocycles. The molecular formula is C15H16O3. The van der Waals surface area contributed by atoms with E-state index in [1.54, 1.807) is 13.2 Å². The van der Waals surface area contributed by atoms with Crippen LogP contribution in [0.15, 0.2) is 36.4 Å². The van der Waals surface area contributed by atoms with E-state index >= 15 is 0 Å². The molecule has 0 aliphatic rings. The molecule has 0 bridgehead atoms. The van der Waals surface area contributed by atoms with E-state index in [9.17, 15) is 4.79 Å². The van der Waals surface area contributed by atoms with Gasteiger partial charge in [0.25, 0.3) is 0 Å². The summed E-state index contributed by atoms with van der Waals surface area (Å²) in [5.41, 5.74) is 0. The Balaban J connectivity index is 2.49. The molecule has 2 aromatic carbocycles. The van der Waals surface area contributed by atoms with Crippen LogP contribution in [0.5, 0.6) is 11.5 Å². The molecule has 18 heavy (non-hydrogen) atoms. The largest absolute Gasteiger partial charge is 0.496 e. The topological polar surface area (TPSA) is 35.5 Å². The van der Waals surface area contributed by atoms with Crippen molar-refractivity contribution in [1.82, 2.24) is 0 Å². The van der Waals surface area contributed by atoms with Crippen LogP contribution in [-0.2, 0) is 4.79 Å². The summed E-state index contributed by atoms with van der Waals surface area (Å²) in [4.78, 5) is 11.7. The van der Waals surface area contributed by atoms with Gasteiger partial charge in [0.1, 0.15) is 11.5 Å². The van der Waals surface area contributed by atoms with E-state index in [0.717, 1.165) is 16.5 Å². The summed E-state index contributed by atoms with van der Waals surface area (Å²) in [5, 5.41) is 1.82. The average molecular weight is 244 g/mol. The number of esters is 1. The molecule has 0 heterocycles. The molecule has 0 radical (unpaired) electrons. The highest BCUT2D eigenvalue weighted by atomic mass is 16.5. The lowest BCUT2D eigenvalue weighted by atomic mass is 10.1. The summed E-state index contributed by atoms with van der Waals surface area (Å²) in [6, 6.07) is 11.3. The molecule has 0 atom stereocenters. The first kappa shape index (κ1) is 12.4. The Morgan fingerprint density at radius 2 is 1.56 bits per heavy atom. The van der Waals surface area contributed by atoms with Gasteiger partial charge in [-0.2, -0.15) is 0 Å². The zero-order valence-corrected chi connectivity index (χ0v) is 10.8. The third-order valence-corrected chi connectivity index (χ3v) is 2.74. The van der Waals surface area contributed by atoms with Gasteiger partial charge in [-0.25, -0.2) is 0 Å². The molecule has 0 fully saturated rings. The molecule has 3 nitrogen and oxygen atoms in total. The molecule has 2 rings (SSSR count). The number of methoxy groups -OCH3 is 1. The molecular weight excluding hydrogens is 228 g/mol. The van der Waals surface area contributed by atoms with Crippen molar-refractivity contribution >= 4 is 16.7 Å². The van der Waals surface area contributed by atoms with Gasteiger partial charge >= 0.3 is 5.97 Å². The first-order chi connectivity index (χ1) is 8.63. The fourth-order valence-electron chi connectivity index (χ4n) is 1.75. The van der Waals surface area contributed by atoms with Gasteiger partial charge in [-0.3, -0.25) is 4.79 Å². The minimum absolute atomic E-state index is 0.147. The number of carbonyl (C=O) groups is 1. The summed E-state index contributed by atoms with van der Waals surface area (Å²) in [6.45, 7) is 3.63. The Hall–Kier alpha value is -2.03. The lowest BCUT2D eigenvalue weighted by Gasteiger charge is -2.11. The average Bonchev–Trinajstić information content (AvgIpc) is 2.38. The van der Waals surface area contributed by atoms with Crippen LogP contribution in [0.4, 0.5) is 0 Å². The molecule has 0 spiro atoms. The quantitative estimate of drug-likeness (QED) is 0.613. The van der Waals surface area contributed by atoms with Crippen molar-refractivity contribution in [3.63, 3.8) is 0 Å². The van der Waals surface area contributed by atoms with Crippen molar-refractivity contribution in [2.75, 3.05) is 7.11 Å². The maximum atomic E-state index is 11.7. The molecule has 0 amide bonds. The molecule has 2 aromatic rings. The van der Waals surface area contributed by atoms with E-state index in [2.05, 4.69) is 0 Å². The number of hydrogen-bond donors (Lipinski definition) is 0. The molecule has 94 valence electrons. The van der Waals surface area contributed by atoms with Gasteiger partial charge in [0, 0.05) is 10.8 Å². The lowest BCUT2D eigenvalue weighted by Crippen LogP contribution is -2.14.